The molecule has 1 unspecified atom stereocenters. The molecule has 4 N–H and O–H groups in total. The van der Waals surface area contributed by atoms with E-state index >= 15 is 0 Å². The number of methoxy groups -OCH3 is 2. The van der Waals surface area contributed by atoms with Gasteiger partial charge < -0.3 is 39.4 Å². The van der Waals surface area contributed by atoms with E-state index in [4.69, 9.17) is 18.9 Å². The van der Waals surface area contributed by atoms with Crippen molar-refractivity contribution < 1.29 is 43.8 Å². The van der Waals surface area contributed by atoms with Gasteiger partial charge in [-0.3, -0.25) is 0 Å². The average Bonchev–Trinajstić information content (AvgIpc) is 2.78. The fraction of sp³-hybridized carbons (Fsp3) is 0.364. The van der Waals surface area contributed by atoms with Crippen LogP contribution in [-0.2, 0) is 4.74 Å². The average molecular weight is 436 g/mol. The van der Waals surface area contributed by atoms with Crippen molar-refractivity contribution in [2.45, 2.75) is 30.7 Å². The second-order valence-electron chi connectivity index (χ2n) is 6.95. The molecule has 3 rings (SSSR count). The third kappa shape index (κ3) is 5.15. The summed E-state index contributed by atoms with van der Waals surface area (Å²) < 4.78 is 35.4. The highest BCUT2D eigenvalue weighted by atomic mass is 19.1. The van der Waals surface area contributed by atoms with Crippen LogP contribution in [-0.4, -0.2) is 72.0 Å². The normalized spacial score (nSPS) is 26.1. The Morgan fingerprint density at radius 2 is 1.77 bits per heavy atom. The quantitative estimate of drug-likeness (QED) is 0.478. The van der Waals surface area contributed by atoms with E-state index in [-0.39, 0.29) is 17.3 Å². The van der Waals surface area contributed by atoms with Crippen molar-refractivity contribution in [3.63, 3.8) is 0 Å². The minimum atomic E-state index is -1.59. The highest BCUT2D eigenvalue weighted by molar-refractivity contribution is 5.75. The Balaban J connectivity index is 1.98. The molecule has 168 valence electrons. The van der Waals surface area contributed by atoms with Crippen molar-refractivity contribution in [1.29, 1.82) is 0 Å². The minimum Gasteiger partial charge on any atom is -0.497 e. The largest absolute Gasteiger partial charge is 0.497 e. The summed E-state index contributed by atoms with van der Waals surface area (Å²) >= 11 is 0. The van der Waals surface area contributed by atoms with Crippen LogP contribution < -0.4 is 14.2 Å². The first-order valence-corrected chi connectivity index (χ1v) is 9.54. The molecule has 9 heteroatoms. The number of aliphatic hydroxyl groups is 4. The van der Waals surface area contributed by atoms with E-state index in [0.717, 1.165) is 0 Å². The van der Waals surface area contributed by atoms with E-state index < -0.39 is 37.3 Å². The Hall–Kier alpha value is -2.69. The van der Waals surface area contributed by atoms with E-state index in [9.17, 15) is 24.8 Å². The zero-order chi connectivity index (χ0) is 22.5. The number of benzene rings is 2. The minimum absolute atomic E-state index is 0.153. The van der Waals surface area contributed by atoms with Crippen LogP contribution >= 0.6 is 0 Å². The summed E-state index contributed by atoms with van der Waals surface area (Å²) in [5, 5.41) is 39.7. The van der Waals surface area contributed by atoms with Gasteiger partial charge in [-0.25, -0.2) is 4.39 Å². The Morgan fingerprint density at radius 1 is 1.00 bits per heavy atom. The Bertz CT molecular complexity index is 916. The Morgan fingerprint density at radius 3 is 2.42 bits per heavy atom. The summed E-state index contributed by atoms with van der Waals surface area (Å²) in [5.41, 5.74) is 1.05. The summed E-state index contributed by atoms with van der Waals surface area (Å²) in [4.78, 5) is 0. The van der Waals surface area contributed by atoms with Gasteiger partial charge in [0.2, 0.25) is 6.29 Å². The van der Waals surface area contributed by atoms with E-state index in [1.807, 2.05) is 0 Å². The van der Waals surface area contributed by atoms with E-state index in [0.29, 0.717) is 16.9 Å². The van der Waals surface area contributed by atoms with Crippen molar-refractivity contribution >= 4 is 12.2 Å². The molecule has 1 aliphatic heterocycles. The van der Waals surface area contributed by atoms with Gasteiger partial charge in [0.05, 0.1) is 20.8 Å². The number of aliphatic hydroxyl groups excluding tert-OH is 4. The topological polar surface area (TPSA) is 118 Å². The Labute approximate surface area is 178 Å². The van der Waals surface area contributed by atoms with E-state index in [1.165, 1.54) is 26.4 Å². The predicted molar refractivity (Wildman–Crippen MR) is 109 cm³/mol. The number of hydrogen-bond donors (Lipinski definition) is 4. The second kappa shape index (κ2) is 10.1. The molecule has 0 amide bonds. The van der Waals surface area contributed by atoms with Gasteiger partial charge in [-0.15, -0.1) is 0 Å². The van der Waals surface area contributed by atoms with Crippen molar-refractivity contribution in [1.82, 2.24) is 0 Å². The molecule has 1 fully saturated rings. The zero-order valence-electron chi connectivity index (χ0n) is 17.0. The van der Waals surface area contributed by atoms with Gasteiger partial charge in [0, 0.05) is 11.6 Å². The fourth-order valence-electron chi connectivity index (χ4n) is 3.19. The van der Waals surface area contributed by atoms with Gasteiger partial charge in [-0.2, -0.15) is 0 Å². The lowest BCUT2D eigenvalue weighted by atomic mass is 9.99. The van der Waals surface area contributed by atoms with Crippen LogP contribution in [0.4, 0.5) is 4.39 Å². The number of ether oxygens (including phenoxy) is 4. The Kier molecular flexibility index (Phi) is 7.47. The van der Waals surface area contributed by atoms with E-state index in [2.05, 4.69) is 0 Å². The van der Waals surface area contributed by atoms with Crippen LogP contribution in [0.5, 0.6) is 17.2 Å². The van der Waals surface area contributed by atoms with Gasteiger partial charge in [0.15, 0.2) is 11.5 Å². The zero-order valence-corrected chi connectivity index (χ0v) is 17.0. The molecule has 31 heavy (non-hydrogen) atoms. The van der Waals surface area contributed by atoms with Crippen molar-refractivity contribution in [2.75, 3.05) is 20.8 Å². The standard InChI is InChI=1S/C22H25FO8/c1-28-15-9-13(7-6-12-4-3-5-14(23)8-12)21(16(10-15)29-2)31-22-20(27)19(26)18(25)17(11-24)30-22/h3-10,17-20,22,24-27H,11H2,1-2H3/b7-6+/t17?,18-,19+,20-,22+/m1/s1. The first kappa shape index (κ1) is 23.0. The van der Waals surface area contributed by atoms with Gasteiger partial charge in [0.1, 0.15) is 36.0 Å². The number of halogens is 1. The number of hydrogen-bond acceptors (Lipinski definition) is 8. The molecule has 1 saturated heterocycles. The molecule has 1 aliphatic rings. The van der Waals surface area contributed by atoms with Gasteiger partial charge in [0.25, 0.3) is 0 Å². The SMILES string of the molecule is COc1cc(/C=C/c2cccc(F)c2)c(O[C@@H]2OC(CO)[C@@H](O)[C@H](O)[C@H]2O)c(OC)c1. The predicted octanol–water partition coefficient (Wildman–Crippen LogP) is 1.19. The molecular weight excluding hydrogens is 411 g/mol. The first-order valence-electron chi connectivity index (χ1n) is 9.54. The van der Waals surface area contributed by atoms with Gasteiger partial charge in [-0.1, -0.05) is 24.3 Å². The van der Waals surface area contributed by atoms with Gasteiger partial charge in [-0.05, 0) is 23.8 Å². The summed E-state index contributed by atoms with van der Waals surface area (Å²) in [7, 11) is 2.89. The molecule has 0 spiro atoms. The first-order chi connectivity index (χ1) is 14.9. The van der Waals surface area contributed by atoms with Crippen LogP contribution in [0.1, 0.15) is 11.1 Å². The molecule has 8 nitrogen and oxygen atoms in total. The lowest BCUT2D eigenvalue weighted by Crippen LogP contribution is -2.60. The van der Waals surface area contributed by atoms with Crippen LogP contribution in [0.2, 0.25) is 0 Å². The molecular formula is C22H25FO8. The van der Waals surface area contributed by atoms with Crippen molar-refractivity contribution in [2.24, 2.45) is 0 Å². The molecule has 0 saturated carbocycles. The maximum Gasteiger partial charge on any atom is 0.229 e. The van der Waals surface area contributed by atoms with Crippen LogP contribution in [0.25, 0.3) is 12.2 Å². The lowest BCUT2D eigenvalue weighted by molar-refractivity contribution is -0.277. The van der Waals surface area contributed by atoms with Crippen LogP contribution in [0, 0.1) is 5.82 Å². The lowest BCUT2D eigenvalue weighted by Gasteiger charge is -2.39. The highest BCUT2D eigenvalue weighted by Crippen LogP contribution is 2.39. The fourth-order valence-corrected chi connectivity index (χ4v) is 3.19. The van der Waals surface area contributed by atoms with Crippen molar-refractivity contribution in [3.05, 3.63) is 53.3 Å². The maximum atomic E-state index is 13.5. The summed E-state index contributed by atoms with van der Waals surface area (Å²) in [5.74, 6) is 0.468. The molecule has 5 atom stereocenters. The smallest absolute Gasteiger partial charge is 0.229 e. The summed E-state index contributed by atoms with van der Waals surface area (Å²) in [6.07, 6.45) is -3.93. The molecule has 2 aromatic rings. The van der Waals surface area contributed by atoms with Crippen LogP contribution in [0.3, 0.4) is 0 Å². The third-order valence-corrected chi connectivity index (χ3v) is 4.90. The molecule has 0 aliphatic carbocycles. The van der Waals surface area contributed by atoms with E-state index in [1.54, 1.807) is 36.4 Å². The van der Waals surface area contributed by atoms with Crippen molar-refractivity contribution in [3.8, 4) is 17.2 Å². The molecule has 1 heterocycles. The van der Waals surface area contributed by atoms with Gasteiger partial charge >= 0.3 is 0 Å². The third-order valence-electron chi connectivity index (χ3n) is 4.90. The molecule has 0 bridgehead atoms. The second-order valence-corrected chi connectivity index (χ2v) is 6.95. The highest BCUT2D eigenvalue weighted by Gasteiger charge is 2.45. The monoisotopic (exact) mass is 436 g/mol. The molecule has 0 radical (unpaired) electrons. The summed E-state index contributed by atoms with van der Waals surface area (Å²) in [6.45, 7) is -0.586. The van der Waals surface area contributed by atoms with Crippen LogP contribution in [0.15, 0.2) is 36.4 Å². The number of rotatable bonds is 7. The maximum absolute atomic E-state index is 13.5. The molecule has 2 aromatic carbocycles. The molecule has 0 aromatic heterocycles. The summed E-state index contributed by atoms with van der Waals surface area (Å²) in [6, 6.07) is 9.17.